The number of thioether (sulfide) groups is 1. The van der Waals surface area contributed by atoms with Crippen molar-refractivity contribution in [3.8, 4) is 16.9 Å². The Morgan fingerprint density at radius 1 is 0.850 bits per heavy atom. The van der Waals surface area contributed by atoms with E-state index >= 15 is 0 Å². The van der Waals surface area contributed by atoms with Crippen molar-refractivity contribution in [1.29, 1.82) is 0 Å². The number of carbonyl (C=O) groups excluding carboxylic acids is 1. The normalized spacial score (nSPS) is 11.0. The first kappa shape index (κ1) is 31.5. The summed E-state index contributed by atoms with van der Waals surface area (Å²) >= 11 is 1.85. The third kappa shape index (κ3) is 11.2. The van der Waals surface area contributed by atoms with Gasteiger partial charge in [-0.05, 0) is 60.9 Å². The molecule has 0 bridgehead atoms. The highest BCUT2D eigenvalue weighted by molar-refractivity contribution is 7.99. The van der Waals surface area contributed by atoms with E-state index in [2.05, 4.69) is 25.6 Å². The Labute approximate surface area is 243 Å². The first-order valence-corrected chi connectivity index (χ1v) is 15.8. The Kier molecular flexibility index (Phi) is 14.5. The second kappa shape index (κ2) is 18.4. The highest BCUT2D eigenvalue weighted by Crippen LogP contribution is 2.27. The fourth-order valence-electron chi connectivity index (χ4n) is 4.49. The van der Waals surface area contributed by atoms with Crippen LogP contribution in [0.4, 0.5) is 0 Å². The molecule has 0 saturated carbocycles. The molecule has 0 amide bonds. The Morgan fingerprint density at radius 2 is 1.50 bits per heavy atom. The predicted molar refractivity (Wildman–Crippen MR) is 166 cm³/mol. The number of fused-ring (bicyclic) bond motifs is 1. The first-order chi connectivity index (χ1) is 19.6. The van der Waals surface area contributed by atoms with E-state index in [1.54, 1.807) is 0 Å². The van der Waals surface area contributed by atoms with Crippen LogP contribution in [-0.4, -0.2) is 24.9 Å². The van der Waals surface area contributed by atoms with Crippen LogP contribution >= 0.6 is 11.8 Å². The van der Waals surface area contributed by atoms with Crippen LogP contribution in [-0.2, 0) is 9.53 Å². The predicted octanol–water partition coefficient (Wildman–Crippen LogP) is 9.36. The molecule has 6 heteroatoms. The Hall–Kier alpha value is -2.99. The van der Waals surface area contributed by atoms with Crippen molar-refractivity contribution in [1.82, 2.24) is 0 Å². The first-order valence-electron chi connectivity index (χ1n) is 14.8. The summed E-state index contributed by atoms with van der Waals surface area (Å²) < 4.78 is 16.6. The monoisotopic (exact) mass is 564 g/mol. The number of hydrogen-bond donors (Lipinski definition) is 0. The standard InChI is InChI=1S/C34H44O5S/c1-3-5-24-40-30-20-17-27(18-21-30)31-25-28-16-19-29(26-32(28)39-34(31)36)37-22-14-12-10-8-6-7-9-11-13-15-23-38-33(35)4-2/h4,16-21,25-26H,2-3,5-15,22-24H2,1H3. The van der Waals surface area contributed by atoms with Crippen LogP contribution in [0.3, 0.4) is 0 Å². The fraction of sp³-hybridized carbons (Fsp3) is 0.471. The number of unbranched alkanes of at least 4 members (excludes halogenated alkanes) is 10. The zero-order valence-electron chi connectivity index (χ0n) is 24.0. The van der Waals surface area contributed by atoms with E-state index in [1.807, 2.05) is 48.2 Å². The minimum absolute atomic E-state index is 0.329. The van der Waals surface area contributed by atoms with Crippen molar-refractivity contribution in [2.75, 3.05) is 19.0 Å². The van der Waals surface area contributed by atoms with Gasteiger partial charge in [0.15, 0.2) is 0 Å². The summed E-state index contributed by atoms with van der Waals surface area (Å²) in [5.41, 5.74) is 1.68. The van der Waals surface area contributed by atoms with Crippen LogP contribution in [0.1, 0.15) is 84.0 Å². The second-order valence-electron chi connectivity index (χ2n) is 10.1. The Balaban J connectivity index is 1.31. The molecular formula is C34H44O5S. The number of hydrogen-bond acceptors (Lipinski definition) is 6. The highest BCUT2D eigenvalue weighted by Gasteiger charge is 2.09. The molecule has 0 unspecified atom stereocenters. The van der Waals surface area contributed by atoms with Crippen LogP contribution in [0.25, 0.3) is 22.1 Å². The van der Waals surface area contributed by atoms with Crippen LogP contribution in [0.2, 0.25) is 0 Å². The number of benzene rings is 2. The summed E-state index contributed by atoms with van der Waals surface area (Å²) in [7, 11) is 0. The molecule has 1 heterocycles. The van der Waals surface area contributed by atoms with E-state index in [1.165, 1.54) is 62.3 Å². The number of ether oxygens (including phenoxy) is 2. The van der Waals surface area contributed by atoms with Crippen molar-refractivity contribution >= 4 is 28.7 Å². The largest absolute Gasteiger partial charge is 0.493 e. The lowest BCUT2D eigenvalue weighted by Crippen LogP contribution is -2.03. The fourth-order valence-corrected chi connectivity index (χ4v) is 5.48. The van der Waals surface area contributed by atoms with Crippen molar-refractivity contribution in [3.05, 3.63) is 71.6 Å². The average Bonchev–Trinajstić information content (AvgIpc) is 2.97. The SMILES string of the molecule is C=CC(=O)OCCCCCCCCCCCCOc1ccc2cc(-c3ccc(SCCCC)cc3)c(=O)oc2c1. The summed E-state index contributed by atoms with van der Waals surface area (Å²) in [6.45, 7) is 6.74. The van der Waals surface area contributed by atoms with Crippen LogP contribution in [0, 0.1) is 0 Å². The molecule has 0 fully saturated rings. The molecule has 3 aromatic rings. The van der Waals surface area contributed by atoms with Crippen LogP contribution < -0.4 is 10.4 Å². The Morgan fingerprint density at radius 3 is 2.15 bits per heavy atom. The van der Waals surface area contributed by atoms with E-state index in [-0.39, 0.29) is 11.6 Å². The highest BCUT2D eigenvalue weighted by atomic mass is 32.2. The van der Waals surface area contributed by atoms with Crippen molar-refractivity contribution < 1.29 is 18.7 Å². The van der Waals surface area contributed by atoms with Gasteiger partial charge in [0.05, 0.1) is 18.8 Å². The van der Waals surface area contributed by atoms with E-state index in [0.717, 1.165) is 48.1 Å². The third-order valence-electron chi connectivity index (χ3n) is 6.86. The number of esters is 1. The summed E-state index contributed by atoms with van der Waals surface area (Å²) in [4.78, 5) is 24.9. The summed E-state index contributed by atoms with van der Waals surface area (Å²) in [5, 5.41) is 0.888. The van der Waals surface area contributed by atoms with Gasteiger partial charge in [0.2, 0.25) is 0 Å². The maximum atomic E-state index is 12.7. The van der Waals surface area contributed by atoms with Gasteiger partial charge in [-0.25, -0.2) is 9.59 Å². The molecule has 0 N–H and O–H groups in total. The van der Waals surface area contributed by atoms with Crippen molar-refractivity contribution in [3.63, 3.8) is 0 Å². The molecule has 3 rings (SSSR count). The molecule has 5 nitrogen and oxygen atoms in total. The zero-order chi connectivity index (χ0) is 28.4. The molecule has 0 radical (unpaired) electrons. The van der Waals surface area contributed by atoms with Gasteiger partial charge in [-0.1, -0.05) is 83.4 Å². The second-order valence-corrected chi connectivity index (χ2v) is 11.3. The third-order valence-corrected chi connectivity index (χ3v) is 7.96. The van der Waals surface area contributed by atoms with Gasteiger partial charge in [0.1, 0.15) is 11.3 Å². The maximum Gasteiger partial charge on any atom is 0.344 e. The number of rotatable bonds is 20. The quantitative estimate of drug-likeness (QED) is 0.0448. The molecule has 0 saturated heterocycles. The molecule has 1 aromatic heterocycles. The molecule has 0 spiro atoms. The van der Waals surface area contributed by atoms with Gasteiger partial charge in [-0.15, -0.1) is 11.8 Å². The Bertz CT molecular complexity index is 1230. The summed E-state index contributed by atoms with van der Waals surface area (Å²) in [5.74, 6) is 1.51. The zero-order valence-corrected chi connectivity index (χ0v) is 24.8. The van der Waals surface area contributed by atoms with Crippen molar-refractivity contribution in [2.24, 2.45) is 0 Å². The number of carbonyl (C=O) groups is 1. The molecule has 0 atom stereocenters. The average molecular weight is 565 g/mol. The van der Waals surface area contributed by atoms with E-state index in [4.69, 9.17) is 13.9 Å². The molecule has 0 aliphatic carbocycles. The van der Waals surface area contributed by atoms with Gasteiger partial charge in [-0.2, -0.15) is 0 Å². The van der Waals surface area contributed by atoms with Gasteiger partial charge in [-0.3, -0.25) is 0 Å². The maximum absolute atomic E-state index is 12.7. The van der Waals surface area contributed by atoms with Crippen molar-refractivity contribution in [2.45, 2.75) is 88.9 Å². The minimum atomic E-state index is -0.334. The molecule has 40 heavy (non-hydrogen) atoms. The molecule has 0 aliphatic heterocycles. The lowest BCUT2D eigenvalue weighted by molar-refractivity contribution is -0.137. The van der Waals surface area contributed by atoms with Crippen LogP contribution in [0.15, 0.2) is 75.3 Å². The van der Waals surface area contributed by atoms with E-state index in [9.17, 15) is 9.59 Å². The van der Waals surface area contributed by atoms with E-state index < -0.39 is 0 Å². The van der Waals surface area contributed by atoms with Crippen LogP contribution in [0.5, 0.6) is 5.75 Å². The van der Waals surface area contributed by atoms with Gasteiger partial charge in [0.25, 0.3) is 0 Å². The molecular weight excluding hydrogens is 520 g/mol. The molecule has 0 aliphatic rings. The minimum Gasteiger partial charge on any atom is -0.493 e. The van der Waals surface area contributed by atoms with E-state index in [0.29, 0.717) is 24.4 Å². The summed E-state index contributed by atoms with van der Waals surface area (Å²) in [6.07, 6.45) is 15.2. The lowest BCUT2D eigenvalue weighted by Gasteiger charge is -2.08. The topological polar surface area (TPSA) is 65.7 Å². The van der Waals surface area contributed by atoms with Gasteiger partial charge in [0, 0.05) is 22.4 Å². The lowest BCUT2D eigenvalue weighted by atomic mass is 10.1. The summed E-state index contributed by atoms with van der Waals surface area (Å²) in [6, 6.07) is 15.8. The molecule has 216 valence electrons. The van der Waals surface area contributed by atoms with Gasteiger partial charge < -0.3 is 13.9 Å². The van der Waals surface area contributed by atoms with Gasteiger partial charge >= 0.3 is 11.6 Å². The molecule has 2 aromatic carbocycles. The smallest absolute Gasteiger partial charge is 0.344 e.